The number of ether oxygens (including phenoxy) is 1. The Kier molecular flexibility index (Phi) is 3.48. The normalized spacial score (nSPS) is 19.2. The van der Waals surface area contributed by atoms with Crippen LogP contribution in [0.15, 0.2) is 40.9 Å². The number of halogens is 1. The van der Waals surface area contributed by atoms with Crippen LogP contribution in [0, 0.1) is 0 Å². The summed E-state index contributed by atoms with van der Waals surface area (Å²) in [4.78, 5) is 0. The molecule has 0 radical (unpaired) electrons. The number of fused-ring (bicyclic) bond motifs is 2. The van der Waals surface area contributed by atoms with Crippen molar-refractivity contribution in [1.29, 1.82) is 0 Å². The zero-order valence-electron chi connectivity index (χ0n) is 11.9. The van der Waals surface area contributed by atoms with Crippen LogP contribution < -0.4 is 10.1 Å². The van der Waals surface area contributed by atoms with Crippen LogP contribution in [0.5, 0.6) is 5.75 Å². The van der Waals surface area contributed by atoms with Crippen LogP contribution in [-0.4, -0.2) is 6.61 Å². The van der Waals surface area contributed by atoms with Crippen molar-refractivity contribution < 1.29 is 4.74 Å². The van der Waals surface area contributed by atoms with E-state index < -0.39 is 0 Å². The molecule has 108 valence electrons. The number of hydrogen-bond donors (Lipinski definition) is 1. The van der Waals surface area contributed by atoms with E-state index >= 15 is 0 Å². The Morgan fingerprint density at radius 3 is 3.10 bits per heavy atom. The molecule has 2 nitrogen and oxygen atoms in total. The van der Waals surface area contributed by atoms with Gasteiger partial charge >= 0.3 is 0 Å². The maximum Gasteiger partial charge on any atom is 0.122 e. The van der Waals surface area contributed by atoms with Gasteiger partial charge < -0.3 is 10.1 Å². The van der Waals surface area contributed by atoms with Crippen molar-refractivity contribution in [3.63, 3.8) is 0 Å². The largest absolute Gasteiger partial charge is 0.493 e. The van der Waals surface area contributed by atoms with Gasteiger partial charge in [-0.1, -0.05) is 40.2 Å². The lowest BCUT2D eigenvalue weighted by molar-refractivity contribution is 0.357. The minimum Gasteiger partial charge on any atom is -0.493 e. The fourth-order valence-corrected chi connectivity index (χ4v) is 3.99. The summed E-state index contributed by atoms with van der Waals surface area (Å²) in [6.07, 6.45) is 3.39. The molecule has 0 amide bonds. The van der Waals surface area contributed by atoms with Gasteiger partial charge in [-0.2, -0.15) is 0 Å². The average molecular weight is 344 g/mol. The Morgan fingerprint density at radius 2 is 2.14 bits per heavy atom. The summed E-state index contributed by atoms with van der Waals surface area (Å²) in [6.45, 7) is 1.75. The van der Waals surface area contributed by atoms with E-state index in [4.69, 9.17) is 4.74 Å². The molecule has 21 heavy (non-hydrogen) atoms. The number of rotatable bonds is 3. The molecule has 0 saturated carbocycles. The Bertz CT molecular complexity index is 683. The molecule has 0 saturated heterocycles. The molecule has 2 aromatic carbocycles. The SMILES string of the molecule is Brc1cccc2c1CCC2NCc1ccc2c(c1)CCO2. The standard InChI is InChI=1S/C18H18BrNO/c19-16-3-1-2-15-14(16)5-6-17(15)20-11-12-4-7-18-13(10-12)8-9-21-18/h1-4,7,10,17,20H,5-6,8-9,11H2. The van der Waals surface area contributed by atoms with E-state index in [1.807, 2.05) is 0 Å². The fourth-order valence-electron chi connectivity index (χ4n) is 3.41. The lowest BCUT2D eigenvalue weighted by Crippen LogP contribution is -2.18. The Hall–Kier alpha value is -1.32. The molecule has 0 fully saturated rings. The second-order valence-corrected chi connectivity index (χ2v) is 6.67. The third-order valence-electron chi connectivity index (χ3n) is 4.52. The predicted octanol–water partition coefficient (Wildman–Crippen LogP) is 4.16. The first kappa shape index (κ1) is 13.4. The molecule has 1 heterocycles. The molecule has 3 heteroatoms. The van der Waals surface area contributed by atoms with E-state index in [1.54, 1.807) is 0 Å². The fraction of sp³-hybridized carbons (Fsp3) is 0.333. The van der Waals surface area contributed by atoms with Gasteiger partial charge in [0, 0.05) is 23.5 Å². The molecule has 1 aliphatic carbocycles. The third kappa shape index (κ3) is 2.49. The number of benzene rings is 2. The van der Waals surface area contributed by atoms with Gasteiger partial charge in [-0.3, -0.25) is 0 Å². The minimum absolute atomic E-state index is 0.474. The van der Waals surface area contributed by atoms with Crippen LogP contribution in [0.3, 0.4) is 0 Å². The van der Waals surface area contributed by atoms with Crippen molar-refractivity contribution >= 4 is 15.9 Å². The molecular formula is C18H18BrNO. The zero-order chi connectivity index (χ0) is 14.2. The number of hydrogen-bond acceptors (Lipinski definition) is 2. The van der Waals surface area contributed by atoms with Gasteiger partial charge in [-0.15, -0.1) is 0 Å². The average Bonchev–Trinajstić information content (AvgIpc) is 3.12. The highest BCUT2D eigenvalue weighted by atomic mass is 79.9. The van der Waals surface area contributed by atoms with E-state index in [1.165, 1.54) is 33.1 Å². The van der Waals surface area contributed by atoms with Crippen molar-refractivity contribution in [2.24, 2.45) is 0 Å². The molecule has 1 N–H and O–H groups in total. The summed E-state index contributed by atoms with van der Waals surface area (Å²) in [7, 11) is 0. The second-order valence-electron chi connectivity index (χ2n) is 5.82. The van der Waals surface area contributed by atoms with Gasteiger partial charge in [0.15, 0.2) is 0 Å². The van der Waals surface area contributed by atoms with Gasteiger partial charge in [0.25, 0.3) is 0 Å². The maximum absolute atomic E-state index is 5.57. The van der Waals surface area contributed by atoms with Crippen LogP contribution in [0.4, 0.5) is 0 Å². The van der Waals surface area contributed by atoms with Gasteiger partial charge in [0.1, 0.15) is 5.75 Å². The van der Waals surface area contributed by atoms with Crippen LogP contribution in [0.25, 0.3) is 0 Å². The quantitative estimate of drug-likeness (QED) is 0.903. The first-order chi connectivity index (χ1) is 10.3. The van der Waals surface area contributed by atoms with E-state index in [9.17, 15) is 0 Å². The van der Waals surface area contributed by atoms with Crippen LogP contribution in [0.1, 0.15) is 34.7 Å². The first-order valence-corrected chi connectivity index (χ1v) is 8.36. The molecular weight excluding hydrogens is 326 g/mol. The summed E-state index contributed by atoms with van der Waals surface area (Å²) in [6, 6.07) is 13.6. The van der Waals surface area contributed by atoms with Gasteiger partial charge in [-0.25, -0.2) is 0 Å². The molecule has 0 aromatic heterocycles. The molecule has 0 spiro atoms. The lowest BCUT2D eigenvalue weighted by Gasteiger charge is -2.15. The molecule has 1 aliphatic heterocycles. The van der Waals surface area contributed by atoms with E-state index in [2.05, 4.69) is 57.6 Å². The molecule has 1 unspecified atom stereocenters. The van der Waals surface area contributed by atoms with Crippen LogP contribution in [0.2, 0.25) is 0 Å². The van der Waals surface area contributed by atoms with Crippen molar-refractivity contribution in [1.82, 2.24) is 5.32 Å². The summed E-state index contributed by atoms with van der Waals surface area (Å²) < 4.78 is 6.81. The maximum atomic E-state index is 5.57. The zero-order valence-corrected chi connectivity index (χ0v) is 13.4. The topological polar surface area (TPSA) is 21.3 Å². The Balaban J connectivity index is 1.48. The second kappa shape index (κ2) is 5.47. The van der Waals surface area contributed by atoms with Crippen LogP contribution in [-0.2, 0) is 19.4 Å². The monoisotopic (exact) mass is 343 g/mol. The molecule has 2 aromatic rings. The van der Waals surface area contributed by atoms with Gasteiger partial charge in [-0.05, 0) is 47.2 Å². The highest BCUT2D eigenvalue weighted by Crippen LogP contribution is 2.35. The Morgan fingerprint density at radius 1 is 1.19 bits per heavy atom. The van der Waals surface area contributed by atoms with Gasteiger partial charge in [0.05, 0.1) is 6.61 Å². The molecule has 4 rings (SSSR count). The van der Waals surface area contributed by atoms with E-state index in [0.717, 1.165) is 31.7 Å². The van der Waals surface area contributed by atoms with Crippen molar-refractivity contribution in [2.75, 3.05) is 6.61 Å². The van der Waals surface area contributed by atoms with Crippen molar-refractivity contribution in [3.8, 4) is 5.75 Å². The highest BCUT2D eigenvalue weighted by Gasteiger charge is 2.23. The van der Waals surface area contributed by atoms with Gasteiger partial charge in [0.2, 0.25) is 0 Å². The first-order valence-electron chi connectivity index (χ1n) is 7.56. The lowest BCUT2D eigenvalue weighted by atomic mass is 10.1. The third-order valence-corrected chi connectivity index (χ3v) is 5.26. The number of nitrogens with one attached hydrogen (secondary N) is 1. The molecule has 0 bridgehead atoms. The van der Waals surface area contributed by atoms with E-state index in [-0.39, 0.29) is 0 Å². The minimum atomic E-state index is 0.474. The Labute approximate surface area is 133 Å². The smallest absolute Gasteiger partial charge is 0.122 e. The summed E-state index contributed by atoms with van der Waals surface area (Å²) in [5, 5.41) is 3.71. The molecule has 1 atom stereocenters. The highest BCUT2D eigenvalue weighted by molar-refractivity contribution is 9.10. The summed E-state index contributed by atoms with van der Waals surface area (Å²) in [5.41, 5.74) is 5.62. The predicted molar refractivity (Wildman–Crippen MR) is 87.7 cm³/mol. The summed E-state index contributed by atoms with van der Waals surface area (Å²) in [5.74, 6) is 1.06. The van der Waals surface area contributed by atoms with Crippen LogP contribution >= 0.6 is 15.9 Å². The van der Waals surface area contributed by atoms with Crippen molar-refractivity contribution in [2.45, 2.75) is 31.8 Å². The van der Waals surface area contributed by atoms with Crippen molar-refractivity contribution in [3.05, 3.63) is 63.1 Å². The summed E-state index contributed by atoms with van der Waals surface area (Å²) >= 11 is 3.66. The van der Waals surface area contributed by atoms with E-state index in [0.29, 0.717) is 6.04 Å². The molecule has 2 aliphatic rings.